The predicted molar refractivity (Wildman–Crippen MR) is 56.2 cm³/mol. The third-order valence-corrected chi connectivity index (χ3v) is 1.93. The summed E-state index contributed by atoms with van der Waals surface area (Å²) in [6.07, 6.45) is 0.0149. The first-order valence-electron chi connectivity index (χ1n) is 4.94. The highest BCUT2D eigenvalue weighted by atomic mass is 19.1. The predicted octanol–water partition coefficient (Wildman–Crippen LogP) is 1.30. The molecule has 5 nitrogen and oxygen atoms in total. The van der Waals surface area contributed by atoms with E-state index in [1.54, 1.807) is 0 Å². The molecule has 0 heterocycles. The van der Waals surface area contributed by atoms with Gasteiger partial charge < -0.3 is 15.2 Å². The minimum absolute atomic E-state index is 0.0756. The normalized spacial score (nSPS) is 11.9. The van der Waals surface area contributed by atoms with Crippen LogP contribution in [0.2, 0.25) is 0 Å². The van der Waals surface area contributed by atoms with Crippen LogP contribution in [-0.2, 0) is 9.53 Å². The molecule has 1 amide bonds. The highest BCUT2D eigenvalue weighted by molar-refractivity contribution is 5.79. The molecule has 0 spiro atoms. The molecule has 0 saturated carbocycles. The zero-order valence-electron chi connectivity index (χ0n) is 9.20. The number of hydrogen-bond acceptors (Lipinski definition) is 3. The molecule has 0 aromatic heterocycles. The molecule has 0 rings (SSSR count). The third kappa shape index (κ3) is 6.49. The number of hydrogen-bond donors (Lipinski definition) is 2. The Hall–Kier alpha value is -1.66. The summed E-state index contributed by atoms with van der Waals surface area (Å²) in [5, 5.41) is 10.8. The van der Waals surface area contributed by atoms with Gasteiger partial charge in [-0.05, 0) is 6.42 Å². The summed E-state index contributed by atoms with van der Waals surface area (Å²) in [6.45, 7) is 1.26. The lowest BCUT2D eigenvalue weighted by atomic mass is 10.0. The van der Waals surface area contributed by atoms with Gasteiger partial charge in [-0.3, -0.25) is 8.78 Å². The molecule has 0 aromatic carbocycles. The maximum atomic E-state index is 12.2. The lowest BCUT2D eigenvalue weighted by molar-refractivity contribution is -0.139. The summed E-state index contributed by atoms with van der Waals surface area (Å²) in [6, 6.07) is -1.37. The number of carboxylic acid groups (broad SMARTS) is 1. The van der Waals surface area contributed by atoms with Crippen LogP contribution in [0.25, 0.3) is 0 Å². The van der Waals surface area contributed by atoms with Gasteiger partial charge in [0.2, 0.25) is 0 Å². The second kappa shape index (κ2) is 8.49. The van der Waals surface area contributed by atoms with Crippen molar-refractivity contribution in [2.45, 2.75) is 12.5 Å². The summed E-state index contributed by atoms with van der Waals surface area (Å²) < 4.78 is 29.0. The molecule has 7 heteroatoms. The van der Waals surface area contributed by atoms with E-state index in [9.17, 15) is 18.4 Å². The molecule has 98 valence electrons. The summed E-state index contributed by atoms with van der Waals surface area (Å²) in [5.74, 6) is -2.41. The van der Waals surface area contributed by atoms with E-state index in [0.29, 0.717) is 0 Å². The van der Waals surface area contributed by atoms with Gasteiger partial charge in [0.05, 0.1) is 13.3 Å². The summed E-state index contributed by atoms with van der Waals surface area (Å²) in [7, 11) is 0. The number of carbonyl (C=O) groups is 2. The first-order valence-corrected chi connectivity index (χ1v) is 4.94. The van der Waals surface area contributed by atoms with E-state index >= 15 is 0 Å². The Morgan fingerprint density at radius 1 is 1.41 bits per heavy atom. The molecule has 17 heavy (non-hydrogen) atoms. The van der Waals surface area contributed by atoms with Crippen LogP contribution in [-0.4, -0.2) is 43.2 Å². The van der Waals surface area contributed by atoms with Gasteiger partial charge in [0.25, 0.3) is 0 Å². The monoisotopic (exact) mass is 251 g/mol. The number of carbonyl (C=O) groups excluding carboxylic acids is 1. The second-order valence-corrected chi connectivity index (χ2v) is 3.33. The molecule has 1 atom stereocenters. The van der Waals surface area contributed by atoms with Crippen molar-refractivity contribution in [3.8, 4) is 0 Å². The molecule has 0 aliphatic rings. The van der Waals surface area contributed by atoms with Crippen LogP contribution in [0.4, 0.5) is 13.6 Å². The molecular formula is C10H15F2NO4. The molecule has 2 N–H and O–H groups in total. The fourth-order valence-electron chi connectivity index (χ4n) is 1.04. The van der Waals surface area contributed by atoms with Crippen LogP contribution in [0.15, 0.2) is 12.7 Å². The standard InChI is InChI=1S/C10H15F2NO4/c1-2-3-17-10(16)13-8(9(14)15)4-7(5-11)6-12/h2,7-8H,1,3-6H2,(H,13,16)(H,14,15). The van der Waals surface area contributed by atoms with Crippen molar-refractivity contribution in [3.05, 3.63) is 12.7 Å². The number of nitrogens with one attached hydrogen (secondary N) is 1. The minimum atomic E-state index is -1.37. The maximum absolute atomic E-state index is 12.2. The Morgan fingerprint density at radius 3 is 2.41 bits per heavy atom. The van der Waals surface area contributed by atoms with Gasteiger partial charge in [0, 0.05) is 5.92 Å². The van der Waals surface area contributed by atoms with Gasteiger partial charge in [-0.2, -0.15) is 0 Å². The molecule has 0 radical (unpaired) electrons. The summed E-state index contributed by atoms with van der Waals surface area (Å²) in [5.41, 5.74) is 0. The van der Waals surface area contributed by atoms with Gasteiger partial charge >= 0.3 is 12.1 Å². The lowest BCUT2D eigenvalue weighted by Gasteiger charge is -2.17. The number of alkyl carbamates (subject to hydrolysis) is 1. The van der Waals surface area contributed by atoms with Crippen molar-refractivity contribution in [2.75, 3.05) is 20.0 Å². The number of rotatable bonds is 8. The van der Waals surface area contributed by atoms with Gasteiger partial charge in [-0.15, -0.1) is 0 Å². The van der Waals surface area contributed by atoms with Crippen molar-refractivity contribution >= 4 is 12.1 Å². The van der Waals surface area contributed by atoms with Crippen LogP contribution in [0.1, 0.15) is 6.42 Å². The maximum Gasteiger partial charge on any atom is 0.408 e. The van der Waals surface area contributed by atoms with Crippen LogP contribution >= 0.6 is 0 Å². The van der Waals surface area contributed by atoms with Gasteiger partial charge in [0.1, 0.15) is 12.6 Å². The van der Waals surface area contributed by atoms with Crippen LogP contribution in [0.3, 0.4) is 0 Å². The average molecular weight is 251 g/mol. The van der Waals surface area contributed by atoms with Crippen molar-refractivity contribution in [3.63, 3.8) is 0 Å². The summed E-state index contributed by atoms with van der Waals surface area (Å²) in [4.78, 5) is 21.8. The first kappa shape index (κ1) is 15.3. The van der Waals surface area contributed by atoms with E-state index in [2.05, 4.69) is 11.3 Å². The Labute approximate surface area is 97.4 Å². The number of ether oxygens (including phenoxy) is 1. The molecule has 0 aliphatic carbocycles. The van der Waals surface area contributed by atoms with Gasteiger partial charge in [-0.1, -0.05) is 12.7 Å². The number of amides is 1. The number of alkyl halides is 2. The molecule has 0 aliphatic heterocycles. The van der Waals surface area contributed by atoms with Crippen molar-refractivity contribution in [2.24, 2.45) is 5.92 Å². The summed E-state index contributed by atoms with van der Waals surface area (Å²) >= 11 is 0. The number of aliphatic carboxylic acids is 1. The van der Waals surface area contributed by atoms with Crippen LogP contribution < -0.4 is 5.32 Å². The highest BCUT2D eigenvalue weighted by Crippen LogP contribution is 2.09. The van der Waals surface area contributed by atoms with E-state index in [1.165, 1.54) is 6.08 Å². The molecule has 0 saturated heterocycles. The second-order valence-electron chi connectivity index (χ2n) is 3.33. The zero-order chi connectivity index (χ0) is 13.3. The molecule has 1 unspecified atom stereocenters. The SMILES string of the molecule is C=CCOC(=O)NC(CC(CF)CF)C(=O)O. The van der Waals surface area contributed by atoms with E-state index in [1.807, 2.05) is 5.32 Å². The van der Waals surface area contributed by atoms with Crippen LogP contribution in [0.5, 0.6) is 0 Å². The van der Waals surface area contributed by atoms with Crippen molar-refractivity contribution < 1.29 is 28.2 Å². The third-order valence-electron chi connectivity index (χ3n) is 1.93. The molecule has 0 bridgehead atoms. The fraction of sp³-hybridized carbons (Fsp3) is 0.600. The van der Waals surface area contributed by atoms with Crippen molar-refractivity contribution in [1.29, 1.82) is 0 Å². The Balaban J connectivity index is 4.28. The number of halogens is 2. The molecule has 0 fully saturated rings. The van der Waals surface area contributed by atoms with E-state index in [-0.39, 0.29) is 13.0 Å². The minimum Gasteiger partial charge on any atom is -0.480 e. The lowest BCUT2D eigenvalue weighted by Crippen LogP contribution is -2.42. The zero-order valence-corrected chi connectivity index (χ0v) is 9.20. The fourth-order valence-corrected chi connectivity index (χ4v) is 1.04. The number of carboxylic acids is 1. The van der Waals surface area contributed by atoms with E-state index in [4.69, 9.17) is 5.11 Å². The molecule has 0 aromatic rings. The Morgan fingerprint density at radius 2 is 2.00 bits per heavy atom. The smallest absolute Gasteiger partial charge is 0.408 e. The largest absolute Gasteiger partial charge is 0.480 e. The van der Waals surface area contributed by atoms with Crippen LogP contribution in [0, 0.1) is 5.92 Å². The van der Waals surface area contributed by atoms with Gasteiger partial charge in [-0.25, -0.2) is 9.59 Å². The van der Waals surface area contributed by atoms with E-state index < -0.39 is 37.4 Å². The van der Waals surface area contributed by atoms with Crippen molar-refractivity contribution in [1.82, 2.24) is 5.32 Å². The van der Waals surface area contributed by atoms with E-state index in [0.717, 1.165) is 0 Å². The highest BCUT2D eigenvalue weighted by Gasteiger charge is 2.24. The average Bonchev–Trinajstić information content (AvgIpc) is 2.31. The first-order chi connectivity index (χ1) is 8.04. The van der Waals surface area contributed by atoms with Gasteiger partial charge in [0.15, 0.2) is 0 Å². The topological polar surface area (TPSA) is 75.6 Å². The Bertz CT molecular complexity index is 269. The molecular weight excluding hydrogens is 236 g/mol. The Kier molecular flexibility index (Phi) is 7.66. The quantitative estimate of drug-likeness (QED) is 0.637.